The number of thiophene rings is 1. The van der Waals surface area contributed by atoms with Gasteiger partial charge in [-0.15, -0.1) is 17.9 Å². The van der Waals surface area contributed by atoms with Crippen LogP contribution in [0.5, 0.6) is 0 Å². The van der Waals surface area contributed by atoms with Crippen LogP contribution in [0.2, 0.25) is 19.6 Å². The molecule has 0 unspecified atom stereocenters. The summed E-state index contributed by atoms with van der Waals surface area (Å²) in [6, 6.07) is 0. The average Bonchev–Trinajstić information content (AvgIpc) is 2.52. The molecule has 0 aliphatic rings. The zero-order valence-corrected chi connectivity index (χ0v) is 13.1. The molecule has 0 saturated carbocycles. The molecule has 0 aromatic carbocycles. The molecule has 0 aliphatic carbocycles. The minimum absolute atomic E-state index is 0. The van der Waals surface area contributed by atoms with Crippen LogP contribution in [-0.2, 0) is 0 Å². The molecule has 1 rings (SSSR count). The van der Waals surface area contributed by atoms with Crippen LogP contribution < -0.4 is 9.82 Å². The van der Waals surface area contributed by atoms with E-state index < -0.39 is 8.07 Å². The van der Waals surface area contributed by atoms with E-state index in [1.54, 1.807) is 17.4 Å². The topological polar surface area (TPSA) is 29.1 Å². The van der Waals surface area contributed by atoms with E-state index in [-0.39, 0.29) is 35.5 Å². The molecule has 1 N–H and O–H groups in total. The number of nitrogens with one attached hydrogen (secondary N) is 1. The van der Waals surface area contributed by atoms with E-state index in [2.05, 4.69) is 38.5 Å². The predicted octanol–water partition coefficient (Wildman–Crippen LogP) is 2.18. The number of hydrogen-bond acceptors (Lipinski definition) is 2. The number of rotatable bonds is 4. The molecule has 1 heterocycles. The molecule has 0 spiro atoms. The van der Waals surface area contributed by atoms with E-state index in [1.165, 1.54) is 9.38 Å². The summed E-state index contributed by atoms with van der Waals surface area (Å²) in [5.74, 6) is 0.0455. The average molecular weight is 291 g/mol. The van der Waals surface area contributed by atoms with Crippen LogP contribution in [0.15, 0.2) is 12.7 Å². The van der Waals surface area contributed by atoms with Gasteiger partial charge in [-0.05, 0) is 19.4 Å². The maximum absolute atomic E-state index is 12.2. The van der Waals surface area contributed by atoms with Crippen LogP contribution >= 0.6 is 11.3 Å². The van der Waals surface area contributed by atoms with Crippen molar-refractivity contribution in [1.29, 1.82) is 0 Å². The van der Waals surface area contributed by atoms with Crippen molar-refractivity contribution < 1.29 is 4.79 Å². The first-order valence-corrected chi connectivity index (χ1v) is 10.1. The molecule has 0 saturated heterocycles. The molecule has 0 aliphatic heterocycles. The molecule has 0 radical (unpaired) electrons. The van der Waals surface area contributed by atoms with Crippen LogP contribution in [0.4, 0.5) is 0 Å². The Bertz CT molecular complexity index is 449. The number of carbonyl (C=O) groups is 1. The van der Waals surface area contributed by atoms with Crippen molar-refractivity contribution in [3.05, 3.63) is 28.7 Å². The van der Waals surface area contributed by atoms with Crippen molar-refractivity contribution in [2.24, 2.45) is 0 Å². The van der Waals surface area contributed by atoms with Gasteiger partial charge in [0.2, 0.25) is 0 Å². The fraction of sp³-hybridized carbons (Fsp3) is 0.462. The Morgan fingerprint density at radius 1 is 1.39 bits per heavy atom. The minimum atomic E-state index is -1.46. The Morgan fingerprint density at radius 2 is 1.94 bits per heavy atom. The van der Waals surface area contributed by atoms with Gasteiger partial charge < -0.3 is 5.32 Å². The third-order valence-corrected chi connectivity index (χ3v) is 7.48. The van der Waals surface area contributed by atoms with E-state index >= 15 is 0 Å². The molecule has 2 nitrogen and oxygen atoms in total. The van der Waals surface area contributed by atoms with Gasteiger partial charge in [0.1, 0.15) is 0 Å². The molecule has 0 fully saturated rings. The van der Waals surface area contributed by atoms with Gasteiger partial charge in [0.05, 0.1) is 13.6 Å². The molecule has 1 amide bonds. The standard InChI is InChI=1S/C13H21NOSSi.Na.H/c1-7-8-14-12(15)11-9(2)10(3)16-13(11)17(4,5)6;;/h7H,1,8H2,2-6H3,(H,14,15);;. The monoisotopic (exact) mass is 291 g/mol. The van der Waals surface area contributed by atoms with E-state index in [9.17, 15) is 4.79 Å². The molecule has 0 atom stereocenters. The summed E-state index contributed by atoms with van der Waals surface area (Å²) in [7, 11) is -1.46. The summed E-state index contributed by atoms with van der Waals surface area (Å²) in [5, 5.41) is 2.89. The van der Waals surface area contributed by atoms with Crippen LogP contribution in [0.1, 0.15) is 20.8 Å². The van der Waals surface area contributed by atoms with Crippen LogP contribution in [0.25, 0.3) is 0 Å². The first-order chi connectivity index (χ1) is 7.79. The van der Waals surface area contributed by atoms with Crippen LogP contribution in [0, 0.1) is 13.8 Å². The molecule has 0 bridgehead atoms. The van der Waals surface area contributed by atoms with Gasteiger partial charge in [0.15, 0.2) is 0 Å². The van der Waals surface area contributed by atoms with Crippen molar-refractivity contribution in [2.45, 2.75) is 33.5 Å². The normalized spacial score (nSPS) is 10.7. The molecule has 1 aromatic heterocycles. The quantitative estimate of drug-likeness (QED) is 0.668. The summed E-state index contributed by atoms with van der Waals surface area (Å²) in [6.45, 7) is 15.1. The van der Waals surface area contributed by atoms with Gasteiger partial charge >= 0.3 is 29.6 Å². The zero-order valence-electron chi connectivity index (χ0n) is 11.3. The Hall–Kier alpha value is 0.127. The Balaban J connectivity index is 0.00000289. The number of aryl methyl sites for hydroxylation is 1. The fourth-order valence-electron chi connectivity index (χ4n) is 1.68. The van der Waals surface area contributed by atoms with Crippen molar-refractivity contribution in [2.75, 3.05) is 6.54 Å². The van der Waals surface area contributed by atoms with Gasteiger partial charge in [-0.1, -0.05) is 25.7 Å². The molecular weight excluding hydrogens is 269 g/mol. The van der Waals surface area contributed by atoms with Crippen LogP contribution in [0.3, 0.4) is 0 Å². The second-order valence-corrected chi connectivity index (χ2v) is 11.8. The zero-order chi connectivity index (χ0) is 13.2. The third kappa shape index (κ3) is 4.07. The van der Waals surface area contributed by atoms with E-state index in [0.717, 1.165) is 11.1 Å². The molecule has 18 heavy (non-hydrogen) atoms. The number of hydrogen-bond donors (Lipinski definition) is 1. The van der Waals surface area contributed by atoms with Gasteiger partial charge in [0.25, 0.3) is 5.91 Å². The fourth-order valence-corrected chi connectivity index (χ4v) is 5.33. The summed E-state index contributed by atoms with van der Waals surface area (Å²) in [6.07, 6.45) is 1.71. The van der Waals surface area contributed by atoms with Crippen LogP contribution in [-0.4, -0.2) is 50.1 Å². The van der Waals surface area contributed by atoms with Crippen molar-refractivity contribution in [3.63, 3.8) is 0 Å². The third-order valence-electron chi connectivity index (χ3n) is 2.70. The second kappa shape index (κ2) is 7.06. The first-order valence-electron chi connectivity index (χ1n) is 5.78. The first kappa shape index (κ1) is 18.1. The number of amides is 1. The predicted molar refractivity (Wildman–Crippen MR) is 86.5 cm³/mol. The van der Waals surface area contributed by atoms with Gasteiger partial charge in [0, 0.05) is 15.9 Å². The number of carbonyl (C=O) groups excluding carboxylic acids is 1. The van der Waals surface area contributed by atoms with E-state index in [1.807, 2.05) is 6.92 Å². The van der Waals surface area contributed by atoms with Crippen molar-refractivity contribution in [1.82, 2.24) is 5.32 Å². The summed E-state index contributed by atoms with van der Waals surface area (Å²) < 4.78 is 1.30. The van der Waals surface area contributed by atoms with E-state index in [0.29, 0.717) is 6.54 Å². The molecular formula is C13H22NNaOSSi. The Labute approximate surface area is 137 Å². The maximum atomic E-state index is 12.2. The summed E-state index contributed by atoms with van der Waals surface area (Å²) >= 11 is 1.78. The van der Waals surface area contributed by atoms with Gasteiger partial charge in [-0.25, -0.2) is 0 Å². The Morgan fingerprint density at radius 3 is 2.39 bits per heavy atom. The molecule has 96 valence electrons. The second-order valence-electron chi connectivity index (χ2n) is 5.24. The van der Waals surface area contributed by atoms with Crippen molar-refractivity contribution in [3.8, 4) is 0 Å². The van der Waals surface area contributed by atoms with E-state index in [4.69, 9.17) is 0 Å². The SMILES string of the molecule is C=CCNC(=O)c1c([Si](C)(C)C)sc(C)c1C.[NaH]. The summed E-state index contributed by atoms with van der Waals surface area (Å²) in [4.78, 5) is 13.4. The summed E-state index contributed by atoms with van der Waals surface area (Å²) in [5.41, 5.74) is 2.04. The van der Waals surface area contributed by atoms with Gasteiger partial charge in [-0.2, -0.15) is 0 Å². The Kier molecular flexibility index (Phi) is 7.10. The molecule has 5 heteroatoms. The molecule has 1 aromatic rings. The van der Waals surface area contributed by atoms with Gasteiger partial charge in [-0.3, -0.25) is 4.79 Å². The van der Waals surface area contributed by atoms with Crippen molar-refractivity contribution >= 4 is 59.4 Å².